The van der Waals surface area contributed by atoms with Crippen molar-refractivity contribution in [3.63, 3.8) is 0 Å². The number of carboxylic acid groups (broad SMARTS) is 1. The van der Waals surface area contributed by atoms with Gasteiger partial charge in [-0.25, -0.2) is 9.59 Å². The van der Waals surface area contributed by atoms with Crippen LogP contribution < -0.4 is 10.6 Å². The van der Waals surface area contributed by atoms with Gasteiger partial charge >= 0.3 is 12.0 Å². The topological polar surface area (TPSA) is 118 Å². The van der Waals surface area contributed by atoms with E-state index in [0.717, 1.165) is 0 Å². The molecule has 7 heteroatoms. The van der Waals surface area contributed by atoms with Crippen LogP contribution in [0.5, 0.6) is 0 Å². The van der Waals surface area contributed by atoms with E-state index in [9.17, 15) is 9.59 Å². The third kappa shape index (κ3) is 3.39. The summed E-state index contributed by atoms with van der Waals surface area (Å²) in [7, 11) is 0. The van der Waals surface area contributed by atoms with Gasteiger partial charge in [0, 0.05) is 11.4 Å². The molecule has 21 heavy (non-hydrogen) atoms. The number of nitrogens with one attached hydrogen (secondary N) is 3. The van der Waals surface area contributed by atoms with Gasteiger partial charge in [-0.1, -0.05) is 0 Å². The first-order valence-corrected chi connectivity index (χ1v) is 6.00. The van der Waals surface area contributed by atoms with Crippen molar-refractivity contribution >= 4 is 23.4 Å². The maximum atomic E-state index is 11.8. The number of rotatable bonds is 3. The van der Waals surface area contributed by atoms with E-state index in [2.05, 4.69) is 15.6 Å². The van der Waals surface area contributed by atoms with Crippen LogP contribution in [0.2, 0.25) is 0 Å². The van der Waals surface area contributed by atoms with E-state index in [1.54, 1.807) is 31.2 Å². The number of nitriles is 1. The van der Waals surface area contributed by atoms with Crippen LogP contribution in [-0.4, -0.2) is 22.1 Å². The molecule has 4 N–H and O–H groups in total. The summed E-state index contributed by atoms with van der Waals surface area (Å²) in [6.45, 7) is 1.69. The van der Waals surface area contributed by atoms with Crippen molar-refractivity contribution in [3.8, 4) is 6.07 Å². The van der Waals surface area contributed by atoms with Crippen LogP contribution in [0.25, 0.3) is 0 Å². The largest absolute Gasteiger partial charge is 0.477 e. The molecular weight excluding hydrogens is 272 g/mol. The molecule has 0 aliphatic rings. The van der Waals surface area contributed by atoms with E-state index in [4.69, 9.17) is 10.4 Å². The average Bonchev–Trinajstić information content (AvgIpc) is 2.80. The summed E-state index contributed by atoms with van der Waals surface area (Å²) >= 11 is 0. The first-order chi connectivity index (χ1) is 9.99. The third-order valence-corrected chi connectivity index (χ3v) is 2.69. The second-order valence-electron chi connectivity index (χ2n) is 4.31. The van der Waals surface area contributed by atoms with Crippen molar-refractivity contribution in [2.24, 2.45) is 0 Å². The van der Waals surface area contributed by atoms with Crippen molar-refractivity contribution in [1.29, 1.82) is 5.26 Å². The van der Waals surface area contributed by atoms with Crippen LogP contribution in [0.3, 0.4) is 0 Å². The minimum atomic E-state index is -1.16. The number of aromatic amines is 1. The summed E-state index contributed by atoms with van der Waals surface area (Å²) in [5, 5.41) is 22.7. The molecule has 0 fully saturated rings. The fourth-order valence-electron chi connectivity index (χ4n) is 1.77. The molecule has 0 aliphatic heterocycles. The fraction of sp³-hybridized carbons (Fsp3) is 0.0714. The fourth-order valence-corrected chi connectivity index (χ4v) is 1.77. The highest BCUT2D eigenvalue weighted by Gasteiger charge is 2.15. The Morgan fingerprint density at radius 2 is 1.90 bits per heavy atom. The van der Waals surface area contributed by atoms with Gasteiger partial charge in [-0.15, -0.1) is 0 Å². The molecular formula is C14H12N4O3. The van der Waals surface area contributed by atoms with Crippen LogP contribution in [0, 0.1) is 18.3 Å². The van der Waals surface area contributed by atoms with E-state index >= 15 is 0 Å². The number of carbonyl (C=O) groups excluding carboxylic acids is 1. The highest BCUT2D eigenvalue weighted by atomic mass is 16.4. The Morgan fingerprint density at radius 3 is 2.48 bits per heavy atom. The number of aromatic nitrogens is 1. The van der Waals surface area contributed by atoms with E-state index in [0.29, 0.717) is 16.9 Å². The number of aromatic carboxylic acids is 1. The number of benzene rings is 1. The van der Waals surface area contributed by atoms with Gasteiger partial charge in [0.05, 0.1) is 17.3 Å². The lowest BCUT2D eigenvalue weighted by Crippen LogP contribution is -2.20. The summed E-state index contributed by atoms with van der Waals surface area (Å²) in [5.74, 6) is -1.16. The van der Waals surface area contributed by atoms with Crippen LogP contribution >= 0.6 is 0 Å². The summed E-state index contributed by atoms with van der Waals surface area (Å²) in [5.41, 5.74) is 1.71. The number of hydrogen-bond acceptors (Lipinski definition) is 3. The maximum absolute atomic E-state index is 11.8. The Morgan fingerprint density at radius 1 is 1.24 bits per heavy atom. The molecule has 2 aromatic rings. The summed E-state index contributed by atoms with van der Waals surface area (Å²) in [6, 6.07) is 9.23. The lowest BCUT2D eigenvalue weighted by atomic mass is 10.2. The van der Waals surface area contributed by atoms with Crippen molar-refractivity contribution in [2.75, 3.05) is 10.6 Å². The Bertz CT molecular complexity index is 726. The van der Waals surface area contributed by atoms with Crippen molar-refractivity contribution in [2.45, 2.75) is 6.92 Å². The minimum Gasteiger partial charge on any atom is -0.477 e. The number of hydrogen-bond donors (Lipinski definition) is 4. The zero-order valence-corrected chi connectivity index (χ0v) is 11.1. The molecule has 1 aromatic carbocycles. The van der Waals surface area contributed by atoms with Crippen LogP contribution in [0.4, 0.5) is 16.2 Å². The molecule has 0 saturated heterocycles. The smallest absolute Gasteiger partial charge is 0.354 e. The molecule has 1 heterocycles. The molecule has 0 atom stereocenters. The van der Waals surface area contributed by atoms with Gasteiger partial charge in [0.2, 0.25) is 0 Å². The summed E-state index contributed by atoms with van der Waals surface area (Å²) in [4.78, 5) is 25.5. The van der Waals surface area contributed by atoms with Gasteiger partial charge in [-0.2, -0.15) is 5.26 Å². The Hall–Kier alpha value is -3.27. The second-order valence-corrected chi connectivity index (χ2v) is 4.31. The first-order valence-electron chi connectivity index (χ1n) is 6.00. The molecule has 2 amide bonds. The van der Waals surface area contributed by atoms with Crippen molar-refractivity contribution in [1.82, 2.24) is 4.98 Å². The number of anilines is 2. The van der Waals surface area contributed by atoms with Gasteiger partial charge in [0.15, 0.2) is 0 Å². The number of amides is 2. The van der Waals surface area contributed by atoms with Crippen molar-refractivity contribution in [3.05, 3.63) is 47.3 Å². The SMILES string of the molecule is Cc1cc(NC(=O)Nc2ccc(C#N)cc2)c(C(=O)O)[nH]1. The normalized spacial score (nSPS) is 9.71. The standard InChI is InChI=1S/C14H12N4O3/c1-8-6-11(12(16-8)13(19)20)18-14(21)17-10-4-2-9(7-15)3-5-10/h2-6,16H,1H3,(H,19,20)(H2,17,18,21). The zero-order chi connectivity index (χ0) is 15.4. The maximum Gasteiger partial charge on any atom is 0.354 e. The average molecular weight is 284 g/mol. The molecule has 0 unspecified atom stereocenters. The number of H-pyrrole nitrogens is 1. The Kier molecular flexibility index (Phi) is 3.90. The Labute approximate surface area is 120 Å². The van der Waals surface area contributed by atoms with Gasteiger partial charge in [-0.05, 0) is 37.3 Å². The molecule has 7 nitrogen and oxygen atoms in total. The minimum absolute atomic E-state index is 0.0810. The molecule has 0 saturated carbocycles. The Balaban J connectivity index is 2.08. The number of urea groups is 1. The predicted molar refractivity (Wildman–Crippen MR) is 76.3 cm³/mol. The first kappa shape index (κ1) is 14.1. The number of aryl methyl sites for hydroxylation is 1. The monoisotopic (exact) mass is 284 g/mol. The van der Waals surface area contributed by atoms with Crippen molar-refractivity contribution < 1.29 is 14.7 Å². The highest BCUT2D eigenvalue weighted by molar-refractivity contribution is 6.04. The quantitative estimate of drug-likeness (QED) is 0.692. The predicted octanol–water partition coefficient (Wildman–Crippen LogP) is 2.54. The third-order valence-electron chi connectivity index (χ3n) is 2.69. The van der Waals surface area contributed by atoms with Gasteiger partial charge in [0.1, 0.15) is 5.69 Å². The summed E-state index contributed by atoms with van der Waals surface area (Å²) in [6.07, 6.45) is 0. The van der Waals surface area contributed by atoms with Crippen LogP contribution in [0.15, 0.2) is 30.3 Å². The molecule has 0 aliphatic carbocycles. The lowest BCUT2D eigenvalue weighted by Gasteiger charge is -2.07. The molecule has 0 spiro atoms. The van der Waals surface area contributed by atoms with E-state index in [1.165, 1.54) is 6.07 Å². The molecule has 1 aromatic heterocycles. The van der Waals surface area contributed by atoms with E-state index in [-0.39, 0.29) is 11.4 Å². The van der Waals surface area contributed by atoms with E-state index in [1.807, 2.05) is 6.07 Å². The molecule has 2 rings (SSSR count). The van der Waals surface area contributed by atoms with Gasteiger partial charge in [0.25, 0.3) is 0 Å². The van der Waals surface area contributed by atoms with E-state index < -0.39 is 12.0 Å². The highest BCUT2D eigenvalue weighted by Crippen LogP contribution is 2.17. The molecule has 0 bridgehead atoms. The summed E-state index contributed by atoms with van der Waals surface area (Å²) < 4.78 is 0. The van der Waals surface area contributed by atoms with Gasteiger partial charge in [-0.3, -0.25) is 0 Å². The molecule has 106 valence electrons. The van der Waals surface area contributed by atoms with Crippen LogP contribution in [-0.2, 0) is 0 Å². The number of nitrogens with zero attached hydrogens (tertiary/aromatic N) is 1. The zero-order valence-electron chi connectivity index (χ0n) is 11.1. The number of carbonyl (C=O) groups is 2. The number of carboxylic acids is 1. The molecule has 0 radical (unpaired) electrons. The van der Waals surface area contributed by atoms with Crippen LogP contribution in [0.1, 0.15) is 21.7 Å². The second kappa shape index (κ2) is 5.79. The van der Waals surface area contributed by atoms with Gasteiger partial charge < -0.3 is 20.7 Å². The lowest BCUT2D eigenvalue weighted by molar-refractivity contribution is 0.0692.